The van der Waals surface area contributed by atoms with Crippen LogP contribution in [0.2, 0.25) is 0 Å². The van der Waals surface area contributed by atoms with E-state index >= 15 is 0 Å². The number of nitrogens with zero attached hydrogens (tertiary/aromatic N) is 2. The van der Waals surface area contributed by atoms with Gasteiger partial charge in [-0.15, -0.1) is 0 Å². The molecule has 1 aliphatic rings. The maximum atomic E-state index is 9.13. The van der Waals surface area contributed by atoms with Gasteiger partial charge in [0.1, 0.15) is 5.82 Å². The number of aliphatic hydroxyl groups excluding tert-OH is 1. The molecule has 21 heavy (non-hydrogen) atoms. The van der Waals surface area contributed by atoms with Gasteiger partial charge in [-0.05, 0) is 34.7 Å². The van der Waals surface area contributed by atoms with Crippen LogP contribution in [0.25, 0.3) is 22.5 Å². The van der Waals surface area contributed by atoms with E-state index in [2.05, 4.69) is 47.4 Å². The molecule has 3 heteroatoms. The summed E-state index contributed by atoms with van der Waals surface area (Å²) in [5, 5.41) is 9.13. The van der Waals surface area contributed by atoms with Gasteiger partial charge < -0.3 is 9.67 Å². The molecule has 0 fully saturated rings. The molecule has 0 saturated carbocycles. The highest BCUT2D eigenvalue weighted by atomic mass is 16.3. The standard InChI is InChI=1S/C18H16N2O/c21-10-9-20-8-7-19-18(20)14-5-6-17-15(12-14)11-13-3-1-2-4-16(13)17/h1-8,12,21H,9-11H2. The van der Waals surface area contributed by atoms with Gasteiger partial charge in [0.15, 0.2) is 0 Å². The van der Waals surface area contributed by atoms with Crippen molar-refractivity contribution in [2.75, 3.05) is 6.61 Å². The maximum absolute atomic E-state index is 9.13. The van der Waals surface area contributed by atoms with E-state index in [1.807, 2.05) is 10.8 Å². The fourth-order valence-corrected chi connectivity index (χ4v) is 3.14. The van der Waals surface area contributed by atoms with Crippen molar-refractivity contribution in [2.45, 2.75) is 13.0 Å². The molecule has 3 nitrogen and oxygen atoms in total. The van der Waals surface area contributed by atoms with Gasteiger partial charge in [-0.25, -0.2) is 4.98 Å². The maximum Gasteiger partial charge on any atom is 0.139 e. The highest BCUT2D eigenvalue weighted by Crippen LogP contribution is 2.38. The van der Waals surface area contributed by atoms with Gasteiger partial charge in [0.05, 0.1) is 6.61 Å². The SMILES string of the molecule is OCCn1ccnc1-c1ccc2c(c1)Cc1ccccc1-2. The zero-order valence-electron chi connectivity index (χ0n) is 11.7. The first kappa shape index (κ1) is 12.4. The Balaban J connectivity index is 1.78. The molecule has 0 spiro atoms. The van der Waals surface area contributed by atoms with Crippen LogP contribution in [-0.4, -0.2) is 21.3 Å². The largest absolute Gasteiger partial charge is 0.395 e. The predicted molar refractivity (Wildman–Crippen MR) is 83.0 cm³/mol. The predicted octanol–water partition coefficient (Wildman–Crippen LogP) is 3.11. The van der Waals surface area contributed by atoms with E-state index in [9.17, 15) is 0 Å². The van der Waals surface area contributed by atoms with Crippen molar-refractivity contribution in [1.82, 2.24) is 9.55 Å². The third kappa shape index (κ3) is 1.98. The van der Waals surface area contributed by atoms with Crippen LogP contribution in [0, 0.1) is 0 Å². The first-order chi connectivity index (χ1) is 10.4. The normalized spacial score (nSPS) is 12.2. The third-order valence-corrected chi connectivity index (χ3v) is 4.11. The Bertz CT molecular complexity index is 804. The molecule has 0 radical (unpaired) electrons. The van der Waals surface area contributed by atoms with Crippen molar-refractivity contribution < 1.29 is 5.11 Å². The minimum atomic E-state index is 0.125. The first-order valence-corrected chi connectivity index (χ1v) is 7.20. The molecule has 1 heterocycles. The lowest BCUT2D eigenvalue weighted by Gasteiger charge is -2.08. The lowest BCUT2D eigenvalue weighted by molar-refractivity contribution is 0.276. The van der Waals surface area contributed by atoms with Crippen LogP contribution in [0.3, 0.4) is 0 Å². The molecule has 1 aliphatic carbocycles. The van der Waals surface area contributed by atoms with Crippen LogP contribution in [0.4, 0.5) is 0 Å². The third-order valence-electron chi connectivity index (χ3n) is 4.11. The van der Waals surface area contributed by atoms with Crippen LogP contribution in [-0.2, 0) is 13.0 Å². The molecule has 3 aromatic rings. The second-order valence-electron chi connectivity index (χ2n) is 5.37. The number of fused-ring (bicyclic) bond motifs is 3. The molecule has 0 atom stereocenters. The van der Waals surface area contributed by atoms with Crippen LogP contribution in [0.5, 0.6) is 0 Å². The van der Waals surface area contributed by atoms with Gasteiger partial charge in [-0.1, -0.05) is 36.4 Å². The van der Waals surface area contributed by atoms with E-state index in [0.717, 1.165) is 17.8 Å². The molecule has 0 bridgehead atoms. The van der Waals surface area contributed by atoms with Crippen LogP contribution in [0.15, 0.2) is 54.9 Å². The van der Waals surface area contributed by atoms with E-state index < -0.39 is 0 Å². The Hall–Kier alpha value is -2.39. The summed E-state index contributed by atoms with van der Waals surface area (Å²) in [6.07, 6.45) is 4.68. The Morgan fingerprint density at radius 2 is 1.90 bits per heavy atom. The number of aliphatic hydroxyl groups is 1. The Labute approximate surface area is 123 Å². The highest BCUT2D eigenvalue weighted by molar-refractivity contribution is 5.79. The van der Waals surface area contributed by atoms with Crippen molar-refractivity contribution in [3.05, 3.63) is 66.0 Å². The van der Waals surface area contributed by atoms with E-state index in [4.69, 9.17) is 5.11 Å². The number of hydrogen-bond donors (Lipinski definition) is 1. The van der Waals surface area contributed by atoms with Crippen molar-refractivity contribution >= 4 is 0 Å². The molecule has 1 aromatic heterocycles. The molecule has 0 amide bonds. The monoisotopic (exact) mass is 276 g/mol. The van der Waals surface area contributed by atoms with E-state index in [-0.39, 0.29) is 6.61 Å². The second-order valence-corrected chi connectivity index (χ2v) is 5.37. The summed E-state index contributed by atoms with van der Waals surface area (Å²) in [7, 11) is 0. The molecule has 0 unspecified atom stereocenters. The number of benzene rings is 2. The Morgan fingerprint density at radius 3 is 2.81 bits per heavy atom. The molecule has 104 valence electrons. The summed E-state index contributed by atoms with van der Waals surface area (Å²) >= 11 is 0. The van der Waals surface area contributed by atoms with Gasteiger partial charge in [0, 0.05) is 24.5 Å². The quantitative estimate of drug-likeness (QED) is 0.624. The molecule has 0 saturated heterocycles. The first-order valence-electron chi connectivity index (χ1n) is 7.20. The number of hydrogen-bond acceptors (Lipinski definition) is 2. The molecular weight excluding hydrogens is 260 g/mol. The zero-order valence-corrected chi connectivity index (χ0v) is 11.7. The fraction of sp³-hybridized carbons (Fsp3) is 0.167. The van der Waals surface area contributed by atoms with Crippen molar-refractivity contribution in [2.24, 2.45) is 0 Å². The minimum absolute atomic E-state index is 0.125. The second kappa shape index (κ2) is 4.86. The lowest BCUT2D eigenvalue weighted by Crippen LogP contribution is -2.03. The zero-order chi connectivity index (χ0) is 14.2. The van der Waals surface area contributed by atoms with E-state index in [1.165, 1.54) is 22.3 Å². The van der Waals surface area contributed by atoms with Gasteiger partial charge in [-0.3, -0.25) is 0 Å². The van der Waals surface area contributed by atoms with Crippen molar-refractivity contribution in [3.63, 3.8) is 0 Å². The van der Waals surface area contributed by atoms with Crippen LogP contribution >= 0.6 is 0 Å². The van der Waals surface area contributed by atoms with Gasteiger partial charge in [0.2, 0.25) is 0 Å². The molecule has 4 rings (SSSR count). The lowest BCUT2D eigenvalue weighted by atomic mass is 10.0. The van der Waals surface area contributed by atoms with Crippen LogP contribution < -0.4 is 0 Å². The summed E-state index contributed by atoms with van der Waals surface area (Å²) in [6.45, 7) is 0.701. The van der Waals surface area contributed by atoms with Crippen LogP contribution in [0.1, 0.15) is 11.1 Å². The van der Waals surface area contributed by atoms with Gasteiger partial charge in [0.25, 0.3) is 0 Å². The molecule has 0 aliphatic heterocycles. The van der Waals surface area contributed by atoms with Crippen molar-refractivity contribution in [1.29, 1.82) is 0 Å². The summed E-state index contributed by atoms with van der Waals surface area (Å²) in [4.78, 5) is 4.43. The number of rotatable bonds is 3. The van der Waals surface area contributed by atoms with E-state index in [0.29, 0.717) is 6.54 Å². The summed E-state index contributed by atoms with van der Waals surface area (Å²) < 4.78 is 1.99. The minimum Gasteiger partial charge on any atom is -0.395 e. The summed E-state index contributed by atoms with van der Waals surface area (Å²) in [6, 6.07) is 15.1. The smallest absolute Gasteiger partial charge is 0.139 e. The molecular formula is C18H16N2O. The topological polar surface area (TPSA) is 38.0 Å². The number of aromatic nitrogens is 2. The average molecular weight is 276 g/mol. The summed E-state index contributed by atoms with van der Waals surface area (Å²) in [5.41, 5.74) is 6.53. The highest BCUT2D eigenvalue weighted by Gasteiger charge is 2.18. The average Bonchev–Trinajstić information content (AvgIpc) is 3.10. The summed E-state index contributed by atoms with van der Waals surface area (Å²) in [5.74, 6) is 0.919. The van der Waals surface area contributed by atoms with E-state index in [1.54, 1.807) is 6.20 Å². The van der Waals surface area contributed by atoms with Crippen molar-refractivity contribution in [3.8, 4) is 22.5 Å². The number of imidazole rings is 1. The Kier molecular flexibility index (Phi) is 2.86. The molecule has 1 N–H and O–H groups in total. The Morgan fingerprint density at radius 1 is 1.05 bits per heavy atom. The van der Waals surface area contributed by atoms with Gasteiger partial charge >= 0.3 is 0 Å². The molecule has 2 aromatic carbocycles. The van der Waals surface area contributed by atoms with Gasteiger partial charge in [-0.2, -0.15) is 0 Å². The fourth-order valence-electron chi connectivity index (χ4n) is 3.14.